The van der Waals surface area contributed by atoms with Crippen LogP contribution < -0.4 is 18.9 Å². The van der Waals surface area contributed by atoms with Gasteiger partial charge in [0.1, 0.15) is 17.6 Å². The van der Waals surface area contributed by atoms with E-state index in [1.807, 2.05) is 24.3 Å². The van der Waals surface area contributed by atoms with Crippen LogP contribution in [-0.4, -0.2) is 25.9 Å². The zero-order valence-corrected chi connectivity index (χ0v) is 12.3. The predicted molar refractivity (Wildman–Crippen MR) is 79.3 cm³/mol. The number of fused-ring (bicyclic) bond motifs is 5. The average molecular weight is 300 g/mol. The third kappa shape index (κ3) is 1.71. The van der Waals surface area contributed by atoms with Crippen LogP contribution >= 0.6 is 0 Å². The maximum absolute atomic E-state index is 9.89. The highest BCUT2D eigenvalue weighted by atomic mass is 16.5. The molecule has 2 aromatic carbocycles. The molecule has 2 heterocycles. The number of aromatic hydroxyl groups is 1. The van der Waals surface area contributed by atoms with Crippen LogP contribution in [0.2, 0.25) is 0 Å². The molecule has 2 aliphatic rings. The number of phenolic OH excluding ortho intramolecular Hbond substituents is 1. The van der Waals surface area contributed by atoms with Crippen molar-refractivity contribution in [2.45, 2.75) is 12.0 Å². The lowest BCUT2D eigenvalue weighted by molar-refractivity contribution is 0.135. The third-order valence-electron chi connectivity index (χ3n) is 4.28. The summed E-state index contributed by atoms with van der Waals surface area (Å²) in [5.41, 5.74) is 2.00. The maximum Gasteiger partial charge on any atom is 0.203 e. The van der Waals surface area contributed by atoms with Crippen molar-refractivity contribution in [3.63, 3.8) is 0 Å². The van der Waals surface area contributed by atoms with E-state index in [0.29, 0.717) is 18.1 Å². The van der Waals surface area contributed by atoms with Gasteiger partial charge in [-0.2, -0.15) is 0 Å². The largest absolute Gasteiger partial charge is 0.504 e. The van der Waals surface area contributed by atoms with Gasteiger partial charge in [-0.3, -0.25) is 0 Å². The molecule has 5 heteroatoms. The molecule has 0 fully saturated rings. The van der Waals surface area contributed by atoms with E-state index in [9.17, 15) is 5.11 Å². The van der Waals surface area contributed by atoms with E-state index in [1.165, 1.54) is 7.11 Å². The first-order valence-electron chi connectivity index (χ1n) is 7.10. The Morgan fingerprint density at radius 3 is 2.68 bits per heavy atom. The lowest BCUT2D eigenvalue weighted by Crippen LogP contribution is -2.23. The lowest BCUT2D eigenvalue weighted by Gasteiger charge is -2.29. The summed E-state index contributed by atoms with van der Waals surface area (Å²) in [7, 11) is 3.15. The fourth-order valence-electron chi connectivity index (χ4n) is 3.20. The Morgan fingerprint density at radius 1 is 1.09 bits per heavy atom. The van der Waals surface area contributed by atoms with E-state index in [-0.39, 0.29) is 17.8 Å². The van der Waals surface area contributed by atoms with E-state index in [4.69, 9.17) is 18.9 Å². The van der Waals surface area contributed by atoms with Crippen molar-refractivity contribution in [3.8, 4) is 28.7 Å². The second-order valence-corrected chi connectivity index (χ2v) is 5.40. The number of rotatable bonds is 2. The van der Waals surface area contributed by atoms with E-state index < -0.39 is 0 Å². The summed E-state index contributed by atoms with van der Waals surface area (Å²) < 4.78 is 22.5. The first-order chi connectivity index (χ1) is 10.7. The SMILES string of the molecule is COc1ccc2c(c1)O[C@H]1c3ccc(O)c(OC)c3OC[C@@H]21. The summed E-state index contributed by atoms with van der Waals surface area (Å²) in [6.45, 7) is 0.483. The van der Waals surface area contributed by atoms with Crippen molar-refractivity contribution in [2.24, 2.45) is 0 Å². The minimum Gasteiger partial charge on any atom is -0.504 e. The molecule has 0 spiro atoms. The van der Waals surface area contributed by atoms with E-state index in [1.54, 1.807) is 13.2 Å². The molecule has 0 aromatic heterocycles. The molecule has 0 saturated carbocycles. The Hall–Kier alpha value is -2.56. The lowest BCUT2D eigenvalue weighted by atomic mass is 9.89. The average Bonchev–Trinajstić information content (AvgIpc) is 2.92. The standard InChI is InChI=1S/C17H16O5/c1-19-9-3-4-10-12-8-21-16-11(15(12)22-14(10)7-9)5-6-13(18)17(16)20-2/h3-7,12,15,18H,8H2,1-2H3/t12-,15-/m0/s1. The number of phenols is 1. The molecular weight excluding hydrogens is 284 g/mol. The van der Waals surface area contributed by atoms with Gasteiger partial charge in [0.15, 0.2) is 11.5 Å². The summed E-state index contributed by atoms with van der Waals surface area (Å²) in [5, 5.41) is 9.89. The second-order valence-electron chi connectivity index (χ2n) is 5.40. The third-order valence-corrected chi connectivity index (χ3v) is 4.28. The number of hydrogen-bond donors (Lipinski definition) is 1. The number of ether oxygens (including phenoxy) is 4. The maximum atomic E-state index is 9.89. The molecule has 4 rings (SSSR count). The van der Waals surface area contributed by atoms with Crippen LogP contribution in [0.25, 0.3) is 0 Å². The summed E-state index contributed by atoms with van der Waals surface area (Å²) in [5.74, 6) is 2.69. The molecule has 0 saturated heterocycles. The highest BCUT2D eigenvalue weighted by Crippen LogP contribution is 2.54. The van der Waals surface area contributed by atoms with Crippen molar-refractivity contribution in [1.82, 2.24) is 0 Å². The van der Waals surface area contributed by atoms with Gasteiger partial charge in [-0.25, -0.2) is 0 Å². The van der Waals surface area contributed by atoms with Gasteiger partial charge in [-0.1, -0.05) is 6.07 Å². The summed E-state index contributed by atoms with van der Waals surface area (Å²) >= 11 is 0. The molecule has 22 heavy (non-hydrogen) atoms. The van der Waals surface area contributed by atoms with E-state index in [2.05, 4.69) is 0 Å². The van der Waals surface area contributed by atoms with Crippen LogP contribution in [0.1, 0.15) is 23.1 Å². The van der Waals surface area contributed by atoms with Gasteiger partial charge in [0.25, 0.3) is 0 Å². The Morgan fingerprint density at radius 2 is 1.91 bits per heavy atom. The highest BCUT2D eigenvalue weighted by molar-refractivity contribution is 5.59. The first kappa shape index (κ1) is 13.1. The van der Waals surface area contributed by atoms with Crippen LogP contribution in [0.4, 0.5) is 0 Å². The van der Waals surface area contributed by atoms with Gasteiger partial charge in [0.05, 0.1) is 26.7 Å². The number of benzene rings is 2. The minimum absolute atomic E-state index is 0.0666. The Balaban J connectivity index is 1.79. The van der Waals surface area contributed by atoms with Crippen LogP contribution in [0.5, 0.6) is 28.7 Å². The quantitative estimate of drug-likeness (QED) is 0.924. The zero-order chi connectivity index (χ0) is 15.3. The monoisotopic (exact) mass is 300 g/mol. The van der Waals surface area contributed by atoms with Gasteiger partial charge in [-0.05, 0) is 18.2 Å². The van der Waals surface area contributed by atoms with Crippen molar-refractivity contribution in [1.29, 1.82) is 0 Å². The van der Waals surface area contributed by atoms with Crippen LogP contribution in [-0.2, 0) is 0 Å². The summed E-state index contributed by atoms with van der Waals surface area (Å²) in [6, 6.07) is 9.27. The normalized spacial score (nSPS) is 21.0. The van der Waals surface area contributed by atoms with E-state index in [0.717, 1.165) is 22.6 Å². The smallest absolute Gasteiger partial charge is 0.203 e. The molecule has 2 atom stereocenters. The number of hydrogen-bond acceptors (Lipinski definition) is 5. The minimum atomic E-state index is -0.139. The fraction of sp³-hybridized carbons (Fsp3) is 0.294. The van der Waals surface area contributed by atoms with Crippen molar-refractivity contribution in [2.75, 3.05) is 20.8 Å². The molecule has 2 aromatic rings. The van der Waals surface area contributed by atoms with Crippen molar-refractivity contribution < 1.29 is 24.1 Å². The zero-order valence-electron chi connectivity index (χ0n) is 12.3. The molecule has 114 valence electrons. The molecule has 5 nitrogen and oxygen atoms in total. The molecular formula is C17H16O5. The number of methoxy groups -OCH3 is 2. The molecule has 0 bridgehead atoms. The highest BCUT2D eigenvalue weighted by Gasteiger charge is 2.42. The molecule has 0 aliphatic carbocycles. The van der Waals surface area contributed by atoms with Crippen LogP contribution in [0.15, 0.2) is 30.3 Å². The van der Waals surface area contributed by atoms with Gasteiger partial charge in [0.2, 0.25) is 5.75 Å². The topological polar surface area (TPSA) is 57.2 Å². The molecule has 1 N–H and O–H groups in total. The predicted octanol–water partition coefficient (Wildman–Crippen LogP) is 3.02. The Labute approximate surface area is 128 Å². The molecule has 0 radical (unpaired) electrons. The van der Waals surface area contributed by atoms with Gasteiger partial charge >= 0.3 is 0 Å². The van der Waals surface area contributed by atoms with E-state index >= 15 is 0 Å². The van der Waals surface area contributed by atoms with Crippen molar-refractivity contribution >= 4 is 0 Å². The molecule has 2 aliphatic heterocycles. The first-order valence-corrected chi connectivity index (χ1v) is 7.10. The second kappa shape index (κ2) is 4.73. The van der Waals surface area contributed by atoms with Crippen LogP contribution in [0, 0.1) is 0 Å². The fourth-order valence-corrected chi connectivity index (χ4v) is 3.20. The molecule has 0 amide bonds. The van der Waals surface area contributed by atoms with Crippen LogP contribution in [0.3, 0.4) is 0 Å². The summed E-state index contributed by atoms with van der Waals surface area (Å²) in [6.07, 6.45) is -0.139. The Kier molecular flexibility index (Phi) is 2.82. The molecule has 0 unspecified atom stereocenters. The van der Waals surface area contributed by atoms with Gasteiger partial charge in [-0.15, -0.1) is 0 Å². The van der Waals surface area contributed by atoms with Crippen molar-refractivity contribution in [3.05, 3.63) is 41.5 Å². The Bertz CT molecular complexity index is 740. The van der Waals surface area contributed by atoms with Gasteiger partial charge < -0.3 is 24.1 Å². The van der Waals surface area contributed by atoms with Gasteiger partial charge in [0, 0.05) is 17.2 Å². The summed E-state index contributed by atoms with van der Waals surface area (Å²) in [4.78, 5) is 0.